The first-order valence-corrected chi connectivity index (χ1v) is 8.39. The summed E-state index contributed by atoms with van der Waals surface area (Å²) in [7, 11) is 1.56. The lowest BCUT2D eigenvalue weighted by molar-refractivity contribution is 0.0923. The van der Waals surface area contributed by atoms with Crippen LogP contribution < -0.4 is 20.2 Å². The van der Waals surface area contributed by atoms with E-state index in [-0.39, 0.29) is 17.0 Å². The summed E-state index contributed by atoms with van der Waals surface area (Å²) in [5, 5.41) is 3.41. The molecule has 132 valence electrons. The highest BCUT2D eigenvalue weighted by molar-refractivity contribution is 5.97. The Balaban J connectivity index is 1.65. The maximum atomic E-state index is 12.7. The van der Waals surface area contributed by atoms with Crippen LogP contribution in [0.3, 0.4) is 0 Å². The van der Waals surface area contributed by atoms with E-state index in [2.05, 4.69) is 10.3 Å². The summed E-state index contributed by atoms with van der Waals surface area (Å²) < 4.78 is 10.8. The van der Waals surface area contributed by atoms with Gasteiger partial charge in [-0.05, 0) is 18.2 Å². The molecule has 6 nitrogen and oxygen atoms in total. The Morgan fingerprint density at radius 1 is 1.27 bits per heavy atom. The first-order chi connectivity index (χ1) is 12.7. The molecular formula is C20H18N2O4. The zero-order chi connectivity index (χ0) is 18.1. The van der Waals surface area contributed by atoms with E-state index in [1.165, 1.54) is 6.20 Å². The van der Waals surface area contributed by atoms with Crippen LogP contribution in [0.2, 0.25) is 0 Å². The molecule has 0 fully saturated rings. The molecule has 26 heavy (non-hydrogen) atoms. The highest BCUT2D eigenvalue weighted by atomic mass is 16.5. The Bertz CT molecular complexity index is 1040. The molecule has 4 rings (SSSR count). The van der Waals surface area contributed by atoms with Crippen LogP contribution in [0.4, 0.5) is 0 Å². The third-order valence-electron chi connectivity index (χ3n) is 4.60. The molecule has 3 aromatic rings. The van der Waals surface area contributed by atoms with Gasteiger partial charge in [0, 0.05) is 29.6 Å². The van der Waals surface area contributed by atoms with Gasteiger partial charge in [0.15, 0.2) is 0 Å². The summed E-state index contributed by atoms with van der Waals surface area (Å²) in [6.07, 6.45) is 2.11. The summed E-state index contributed by atoms with van der Waals surface area (Å²) in [6, 6.07) is 12.5. The topological polar surface area (TPSA) is 80.4 Å². The Hall–Kier alpha value is -3.28. The van der Waals surface area contributed by atoms with Gasteiger partial charge in [-0.15, -0.1) is 0 Å². The van der Waals surface area contributed by atoms with E-state index in [9.17, 15) is 9.59 Å². The first-order valence-electron chi connectivity index (χ1n) is 8.39. The average molecular weight is 350 g/mol. The van der Waals surface area contributed by atoms with Crippen molar-refractivity contribution in [2.24, 2.45) is 0 Å². The van der Waals surface area contributed by atoms with Crippen LogP contribution in [0.5, 0.6) is 11.5 Å². The van der Waals surface area contributed by atoms with Crippen molar-refractivity contribution in [3.63, 3.8) is 0 Å². The predicted molar refractivity (Wildman–Crippen MR) is 97.9 cm³/mol. The van der Waals surface area contributed by atoms with Crippen LogP contribution in [-0.4, -0.2) is 24.6 Å². The fourth-order valence-electron chi connectivity index (χ4n) is 3.22. The molecule has 2 N–H and O–H groups in total. The molecule has 1 aliphatic rings. The van der Waals surface area contributed by atoms with Gasteiger partial charge in [-0.3, -0.25) is 9.59 Å². The van der Waals surface area contributed by atoms with Gasteiger partial charge in [-0.2, -0.15) is 0 Å². The number of rotatable bonds is 3. The lowest BCUT2D eigenvalue weighted by Crippen LogP contribution is -2.34. The van der Waals surface area contributed by atoms with E-state index in [1.807, 2.05) is 24.3 Å². The minimum absolute atomic E-state index is 0.0895. The summed E-state index contributed by atoms with van der Waals surface area (Å²) >= 11 is 0. The SMILES string of the molecule is COc1ccc2c(=O)c(C(=O)N[C@H]3CCOc4ccccc43)c[nH]c2c1. The van der Waals surface area contributed by atoms with Crippen LogP contribution >= 0.6 is 0 Å². The summed E-state index contributed by atoms with van der Waals surface area (Å²) in [6.45, 7) is 0.524. The molecule has 0 spiro atoms. The van der Waals surface area contributed by atoms with Crippen LogP contribution in [0, 0.1) is 0 Å². The number of H-pyrrole nitrogens is 1. The number of hydrogen-bond donors (Lipinski definition) is 2. The van der Waals surface area contributed by atoms with Crippen molar-refractivity contribution in [1.29, 1.82) is 0 Å². The molecule has 1 aromatic heterocycles. The zero-order valence-electron chi connectivity index (χ0n) is 14.2. The number of carbonyl (C=O) groups is 1. The molecule has 1 aliphatic heterocycles. The first kappa shape index (κ1) is 16.2. The van der Waals surface area contributed by atoms with Gasteiger partial charge in [0.2, 0.25) is 5.43 Å². The molecule has 0 aliphatic carbocycles. The van der Waals surface area contributed by atoms with Crippen LogP contribution in [0.15, 0.2) is 53.5 Å². The number of aromatic nitrogens is 1. The standard InChI is InChI=1S/C20H18N2O4/c1-25-12-6-7-14-17(10-12)21-11-15(19(14)23)20(24)22-16-8-9-26-18-5-3-2-4-13(16)18/h2-7,10-11,16H,8-9H2,1H3,(H,21,23)(H,22,24)/t16-/m0/s1. The number of benzene rings is 2. The van der Waals surface area contributed by atoms with Crippen LogP contribution in [0.1, 0.15) is 28.4 Å². The van der Waals surface area contributed by atoms with Crippen molar-refractivity contribution < 1.29 is 14.3 Å². The average Bonchev–Trinajstić information content (AvgIpc) is 2.68. The van der Waals surface area contributed by atoms with Crippen molar-refractivity contribution in [2.75, 3.05) is 13.7 Å². The minimum Gasteiger partial charge on any atom is -0.497 e. The highest BCUT2D eigenvalue weighted by Gasteiger charge is 2.24. The second kappa shape index (κ2) is 6.55. The number of methoxy groups -OCH3 is 1. The van der Waals surface area contributed by atoms with Crippen molar-refractivity contribution >= 4 is 16.8 Å². The van der Waals surface area contributed by atoms with Gasteiger partial charge in [0.25, 0.3) is 5.91 Å². The van der Waals surface area contributed by atoms with Crippen molar-refractivity contribution in [3.05, 3.63) is 70.0 Å². The molecule has 0 saturated heterocycles. The van der Waals surface area contributed by atoms with Gasteiger partial charge in [-0.1, -0.05) is 18.2 Å². The quantitative estimate of drug-likeness (QED) is 0.761. The fourth-order valence-corrected chi connectivity index (χ4v) is 3.22. The number of aromatic amines is 1. The minimum atomic E-state index is -0.398. The van der Waals surface area contributed by atoms with Gasteiger partial charge in [0.05, 0.1) is 25.3 Å². The fraction of sp³-hybridized carbons (Fsp3) is 0.200. The lowest BCUT2D eigenvalue weighted by Gasteiger charge is -2.26. The number of amides is 1. The van der Waals surface area contributed by atoms with E-state index < -0.39 is 5.91 Å². The number of hydrogen-bond acceptors (Lipinski definition) is 4. The number of carbonyl (C=O) groups excluding carboxylic acids is 1. The second-order valence-corrected chi connectivity index (χ2v) is 6.14. The van der Waals surface area contributed by atoms with Crippen molar-refractivity contribution in [2.45, 2.75) is 12.5 Å². The monoisotopic (exact) mass is 350 g/mol. The maximum absolute atomic E-state index is 12.7. The highest BCUT2D eigenvalue weighted by Crippen LogP contribution is 2.31. The lowest BCUT2D eigenvalue weighted by atomic mass is 10.00. The summed E-state index contributed by atoms with van der Waals surface area (Å²) in [4.78, 5) is 28.4. The molecule has 0 saturated carbocycles. The number of pyridine rings is 1. The Labute approximate surface area is 149 Å². The third-order valence-corrected chi connectivity index (χ3v) is 4.60. The number of para-hydroxylation sites is 1. The number of nitrogens with one attached hydrogen (secondary N) is 2. The zero-order valence-corrected chi connectivity index (χ0v) is 14.2. The second-order valence-electron chi connectivity index (χ2n) is 6.14. The Morgan fingerprint density at radius 2 is 2.12 bits per heavy atom. The molecular weight excluding hydrogens is 332 g/mol. The third kappa shape index (κ3) is 2.79. The van der Waals surface area contributed by atoms with Gasteiger partial charge in [0.1, 0.15) is 17.1 Å². The largest absolute Gasteiger partial charge is 0.497 e. The molecule has 2 heterocycles. The molecule has 0 unspecified atom stereocenters. The van der Waals surface area contributed by atoms with Gasteiger partial charge >= 0.3 is 0 Å². The Kier molecular flexibility index (Phi) is 4.08. The van der Waals surface area contributed by atoms with Crippen LogP contribution in [-0.2, 0) is 0 Å². The molecule has 2 aromatic carbocycles. The van der Waals surface area contributed by atoms with E-state index in [0.717, 1.165) is 11.3 Å². The predicted octanol–water partition coefficient (Wildman–Crippen LogP) is 2.79. The summed E-state index contributed by atoms with van der Waals surface area (Å²) in [5.41, 5.74) is 1.34. The van der Waals surface area contributed by atoms with E-state index >= 15 is 0 Å². The smallest absolute Gasteiger partial charge is 0.257 e. The van der Waals surface area contributed by atoms with Crippen molar-refractivity contribution in [3.8, 4) is 11.5 Å². The van der Waals surface area contributed by atoms with Gasteiger partial charge in [-0.25, -0.2) is 0 Å². The van der Waals surface area contributed by atoms with Crippen molar-refractivity contribution in [1.82, 2.24) is 10.3 Å². The van der Waals surface area contributed by atoms with E-state index in [0.29, 0.717) is 29.7 Å². The number of ether oxygens (including phenoxy) is 2. The molecule has 1 amide bonds. The molecule has 1 atom stereocenters. The van der Waals surface area contributed by atoms with Crippen LogP contribution in [0.25, 0.3) is 10.9 Å². The van der Waals surface area contributed by atoms with Gasteiger partial charge < -0.3 is 19.8 Å². The number of fused-ring (bicyclic) bond motifs is 2. The maximum Gasteiger partial charge on any atom is 0.257 e. The summed E-state index contributed by atoms with van der Waals surface area (Å²) in [5.74, 6) is 1.01. The Morgan fingerprint density at radius 3 is 2.96 bits per heavy atom. The molecule has 0 radical (unpaired) electrons. The van der Waals surface area contributed by atoms with E-state index in [1.54, 1.807) is 25.3 Å². The normalized spacial score (nSPS) is 15.8. The van der Waals surface area contributed by atoms with E-state index in [4.69, 9.17) is 9.47 Å². The molecule has 6 heteroatoms. The molecule has 0 bridgehead atoms.